The highest BCUT2D eigenvalue weighted by Crippen LogP contribution is 2.35. The smallest absolute Gasteiger partial charge is 0.416 e. The zero-order chi connectivity index (χ0) is 37.6. The van der Waals surface area contributed by atoms with E-state index in [0.29, 0.717) is 36.6 Å². The number of aliphatic hydroxyl groups excluding tert-OH is 1. The fourth-order valence-electron chi connectivity index (χ4n) is 5.84. The molecule has 1 aliphatic heterocycles. The number of nitrogens with two attached hydrogens (primary N) is 1. The summed E-state index contributed by atoms with van der Waals surface area (Å²) in [7, 11) is 1.91. The Hall–Kier alpha value is -5.60. The Morgan fingerprint density at radius 2 is 1.63 bits per heavy atom. The molecule has 1 heterocycles. The number of aliphatic hydroxyl groups is 1. The van der Waals surface area contributed by atoms with Crippen LogP contribution in [0.25, 0.3) is 0 Å². The molecule has 0 aliphatic carbocycles. The van der Waals surface area contributed by atoms with E-state index in [1.165, 1.54) is 0 Å². The summed E-state index contributed by atoms with van der Waals surface area (Å²) in [6.07, 6.45) is -5.01. The number of urea groups is 1. The maximum absolute atomic E-state index is 13.8. The van der Waals surface area contributed by atoms with E-state index in [9.17, 15) is 32.7 Å². The van der Waals surface area contributed by atoms with Crippen LogP contribution < -0.4 is 26.4 Å². The molecule has 274 valence electrons. The van der Waals surface area contributed by atoms with E-state index in [1.54, 1.807) is 66.4 Å². The van der Waals surface area contributed by atoms with Crippen LogP contribution >= 0.6 is 0 Å². The summed E-state index contributed by atoms with van der Waals surface area (Å²) < 4.78 is 45.6. The number of hydrogen-bond donors (Lipinski definition) is 5. The van der Waals surface area contributed by atoms with Gasteiger partial charge in [0.05, 0.1) is 40.8 Å². The highest BCUT2D eigenvalue weighted by Gasteiger charge is 2.35. The quantitative estimate of drug-likeness (QED) is 0.117. The van der Waals surface area contributed by atoms with Gasteiger partial charge in [-0.15, -0.1) is 0 Å². The number of para-hydroxylation sites is 3. The minimum absolute atomic E-state index is 0.129. The normalized spacial score (nSPS) is 16.6. The van der Waals surface area contributed by atoms with Crippen molar-refractivity contribution in [2.24, 2.45) is 5.92 Å². The van der Waals surface area contributed by atoms with Gasteiger partial charge in [-0.05, 0) is 80.2 Å². The molecule has 4 amide bonds. The molecule has 5 rings (SSSR count). The fraction of sp³-hybridized carbons (Fsp3) is 0.289. The van der Waals surface area contributed by atoms with Crippen molar-refractivity contribution in [1.29, 1.82) is 0 Å². The Labute approximate surface area is 299 Å². The molecule has 0 bridgehead atoms. The number of hydrogen-bond acceptors (Lipinski definition) is 7. The van der Waals surface area contributed by atoms with Gasteiger partial charge in [0, 0.05) is 36.8 Å². The minimum Gasteiger partial charge on any atom is -0.486 e. The largest absolute Gasteiger partial charge is 0.486 e. The number of benzene rings is 4. The number of carbonyl (C=O) groups excluding carboxylic acids is 3. The second-order valence-electron chi connectivity index (χ2n) is 12.9. The van der Waals surface area contributed by atoms with E-state index in [1.807, 2.05) is 31.0 Å². The second-order valence-corrected chi connectivity index (χ2v) is 12.9. The molecule has 0 fully saturated rings. The van der Waals surface area contributed by atoms with Crippen molar-refractivity contribution in [3.63, 3.8) is 0 Å². The van der Waals surface area contributed by atoms with Crippen LogP contribution in [0.5, 0.6) is 5.75 Å². The van der Waals surface area contributed by atoms with E-state index in [2.05, 4.69) is 16.0 Å². The number of halogens is 3. The molecule has 52 heavy (non-hydrogen) atoms. The summed E-state index contributed by atoms with van der Waals surface area (Å²) in [6.45, 7) is 4.61. The van der Waals surface area contributed by atoms with Gasteiger partial charge in [0.25, 0.3) is 11.8 Å². The van der Waals surface area contributed by atoms with E-state index >= 15 is 0 Å². The van der Waals surface area contributed by atoms with Gasteiger partial charge in [-0.3, -0.25) is 14.5 Å². The molecule has 14 heteroatoms. The topological polar surface area (TPSA) is 149 Å². The Morgan fingerprint density at radius 3 is 2.29 bits per heavy atom. The zero-order valence-corrected chi connectivity index (χ0v) is 28.9. The number of carbonyl (C=O) groups is 3. The lowest BCUT2D eigenvalue weighted by molar-refractivity contribution is -0.137. The first-order chi connectivity index (χ1) is 24.7. The van der Waals surface area contributed by atoms with Crippen molar-refractivity contribution in [2.45, 2.75) is 38.7 Å². The van der Waals surface area contributed by atoms with Crippen LogP contribution in [0, 0.1) is 5.92 Å². The van der Waals surface area contributed by atoms with Crippen LogP contribution in [0.2, 0.25) is 0 Å². The van der Waals surface area contributed by atoms with Crippen LogP contribution in [-0.4, -0.2) is 71.6 Å². The zero-order valence-electron chi connectivity index (χ0n) is 28.9. The summed E-state index contributed by atoms with van der Waals surface area (Å²) in [5.74, 6) is -0.772. The van der Waals surface area contributed by atoms with Crippen molar-refractivity contribution in [2.75, 3.05) is 48.4 Å². The summed E-state index contributed by atoms with van der Waals surface area (Å²) in [6, 6.07) is 21.7. The average Bonchev–Trinajstić information content (AvgIpc) is 3.10. The van der Waals surface area contributed by atoms with Crippen LogP contribution in [0.4, 0.5) is 40.7 Å². The summed E-state index contributed by atoms with van der Waals surface area (Å²) in [5, 5.41) is 18.0. The molecule has 6 N–H and O–H groups in total. The van der Waals surface area contributed by atoms with Gasteiger partial charge in [0.15, 0.2) is 5.75 Å². The third kappa shape index (κ3) is 9.19. The summed E-state index contributed by atoms with van der Waals surface area (Å²) in [5.41, 5.74) is 7.99. The van der Waals surface area contributed by atoms with Gasteiger partial charge in [0.1, 0.15) is 6.10 Å². The molecule has 0 aromatic heterocycles. The predicted octanol–water partition coefficient (Wildman–Crippen LogP) is 6.54. The number of alkyl halides is 3. The van der Waals surface area contributed by atoms with Crippen LogP contribution in [0.3, 0.4) is 0 Å². The molecular weight excluding hydrogens is 677 g/mol. The number of anilines is 4. The summed E-state index contributed by atoms with van der Waals surface area (Å²) in [4.78, 5) is 43.3. The first-order valence-electron chi connectivity index (χ1n) is 16.6. The van der Waals surface area contributed by atoms with Gasteiger partial charge in [0.2, 0.25) is 0 Å². The van der Waals surface area contributed by atoms with Crippen molar-refractivity contribution in [3.05, 3.63) is 113 Å². The van der Waals surface area contributed by atoms with E-state index in [-0.39, 0.29) is 47.0 Å². The standard InChI is InChI=1S/C38H41F3N6O5/c1-23-19-47(24(2)22-48)36(50)29-7-6-10-32(45-37(51)43-28-17-15-27(16-18-28)38(39,40)41)34(29)52-33(23)21-46(3)20-25-11-13-26(14-12-25)35(49)44-31-9-5-4-8-30(31)42/h4-18,23-24,33,48H,19-22,42H2,1-3H3,(H,44,49)(H2,43,45,51)/t23-,24-,33+/m1/s1. The molecule has 0 unspecified atom stereocenters. The van der Waals surface area contributed by atoms with Gasteiger partial charge in [-0.25, -0.2) is 4.79 Å². The molecule has 4 aromatic rings. The molecule has 0 spiro atoms. The Balaban J connectivity index is 1.32. The van der Waals surface area contributed by atoms with Crippen molar-refractivity contribution < 1.29 is 37.4 Å². The first kappa shape index (κ1) is 37.7. The number of nitrogen functional groups attached to an aromatic ring is 1. The monoisotopic (exact) mass is 718 g/mol. The lowest BCUT2D eigenvalue weighted by atomic mass is 9.98. The van der Waals surface area contributed by atoms with Crippen molar-refractivity contribution >= 4 is 40.6 Å². The van der Waals surface area contributed by atoms with E-state index in [4.69, 9.17) is 10.5 Å². The molecular formula is C38H41F3N6O5. The molecule has 1 aliphatic rings. The number of ether oxygens (including phenoxy) is 1. The van der Waals surface area contributed by atoms with Crippen LogP contribution in [0.15, 0.2) is 91.0 Å². The number of amides is 4. The lowest BCUT2D eigenvalue weighted by Crippen LogP contribution is -2.49. The number of rotatable bonds is 10. The van der Waals surface area contributed by atoms with E-state index < -0.39 is 29.9 Å². The molecule has 0 radical (unpaired) electrons. The van der Waals surface area contributed by atoms with Crippen molar-refractivity contribution in [1.82, 2.24) is 9.80 Å². The third-order valence-corrected chi connectivity index (χ3v) is 8.78. The molecule has 4 aromatic carbocycles. The fourth-order valence-corrected chi connectivity index (χ4v) is 5.84. The molecule has 3 atom stereocenters. The van der Waals surface area contributed by atoms with Crippen LogP contribution in [0.1, 0.15) is 45.7 Å². The lowest BCUT2D eigenvalue weighted by Gasteiger charge is -2.38. The Morgan fingerprint density at radius 1 is 0.962 bits per heavy atom. The van der Waals surface area contributed by atoms with Crippen molar-refractivity contribution in [3.8, 4) is 5.75 Å². The number of fused-ring (bicyclic) bond motifs is 1. The predicted molar refractivity (Wildman–Crippen MR) is 193 cm³/mol. The van der Waals surface area contributed by atoms with Gasteiger partial charge >= 0.3 is 12.2 Å². The molecule has 0 saturated heterocycles. The van der Waals surface area contributed by atoms with Gasteiger partial charge in [-0.2, -0.15) is 13.2 Å². The van der Waals surface area contributed by atoms with E-state index in [0.717, 1.165) is 29.8 Å². The minimum atomic E-state index is -4.52. The van der Waals surface area contributed by atoms with Gasteiger partial charge < -0.3 is 36.4 Å². The number of likely N-dealkylation sites (N-methyl/N-ethyl adjacent to an activating group) is 1. The maximum Gasteiger partial charge on any atom is 0.416 e. The van der Waals surface area contributed by atoms with Gasteiger partial charge in [-0.1, -0.05) is 37.3 Å². The Kier molecular flexibility index (Phi) is 11.7. The third-order valence-electron chi connectivity index (χ3n) is 8.78. The van der Waals surface area contributed by atoms with Crippen LogP contribution in [-0.2, 0) is 12.7 Å². The number of nitrogens with one attached hydrogen (secondary N) is 3. The molecule has 0 saturated carbocycles. The highest BCUT2D eigenvalue weighted by atomic mass is 19.4. The first-order valence-corrected chi connectivity index (χ1v) is 16.6. The highest BCUT2D eigenvalue weighted by molar-refractivity contribution is 6.06. The SMILES string of the molecule is C[C@@H]1CN([C@H](C)CO)C(=O)c2cccc(NC(=O)Nc3ccc(C(F)(F)F)cc3)c2O[C@H]1CN(C)Cc1ccc(C(=O)Nc2ccccc2N)cc1. The summed E-state index contributed by atoms with van der Waals surface area (Å²) >= 11 is 0. The molecule has 11 nitrogen and oxygen atoms in total. The maximum atomic E-state index is 13.8. The average molecular weight is 719 g/mol. The second kappa shape index (κ2) is 16.2. The number of nitrogens with zero attached hydrogens (tertiary/aromatic N) is 2. The Bertz CT molecular complexity index is 1890.